The van der Waals surface area contributed by atoms with Crippen LogP contribution in [0.3, 0.4) is 0 Å². The Kier molecular flexibility index (Phi) is 2.32. The van der Waals surface area contributed by atoms with E-state index in [1.54, 1.807) is 5.57 Å². The van der Waals surface area contributed by atoms with Gasteiger partial charge in [-0.1, -0.05) is 18.6 Å². The second-order valence-electron chi connectivity index (χ2n) is 2.89. The van der Waals surface area contributed by atoms with Gasteiger partial charge in [-0.2, -0.15) is 0 Å². The predicted octanol–water partition coefficient (Wildman–Crippen LogP) is 2.96. The van der Waals surface area contributed by atoms with Crippen LogP contribution in [-0.4, -0.2) is 0 Å². The van der Waals surface area contributed by atoms with Crippen molar-refractivity contribution in [2.45, 2.75) is 33.1 Å². The lowest BCUT2D eigenvalue weighted by molar-refractivity contribution is 0.839. The van der Waals surface area contributed by atoms with E-state index in [2.05, 4.69) is 26.3 Å². The summed E-state index contributed by atoms with van der Waals surface area (Å²) >= 11 is 0. The molecule has 0 N–H and O–H groups in total. The summed E-state index contributed by atoms with van der Waals surface area (Å²) in [6, 6.07) is 0. The van der Waals surface area contributed by atoms with Gasteiger partial charge in [-0.25, -0.2) is 0 Å². The van der Waals surface area contributed by atoms with Gasteiger partial charge in [-0.15, -0.1) is 0 Å². The van der Waals surface area contributed by atoms with E-state index in [0.717, 1.165) is 5.92 Å². The fourth-order valence-corrected chi connectivity index (χ4v) is 1.11. The molecule has 1 atom stereocenters. The van der Waals surface area contributed by atoms with Crippen LogP contribution in [0.15, 0.2) is 11.6 Å². The van der Waals surface area contributed by atoms with Crippen molar-refractivity contribution in [3.05, 3.63) is 18.1 Å². The van der Waals surface area contributed by atoms with Crippen molar-refractivity contribution in [1.82, 2.24) is 0 Å². The van der Waals surface area contributed by atoms with Crippen LogP contribution >= 0.6 is 0 Å². The molecule has 0 nitrogen and oxygen atoms in total. The van der Waals surface area contributed by atoms with Crippen molar-refractivity contribution in [2.75, 3.05) is 0 Å². The van der Waals surface area contributed by atoms with Gasteiger partial charge in [0.15, 0.2) is 0 Å². The van der Waals surface area contributed by atoms with E-state index < -0.39 is 0 Å². The number of hydrogen-bond acceptors (Lipinski definition) is 0. The first-order valence-corrected chi connectivity index (χ1v) is 3.82. The Morgan fingerprint density at radius 1 is 1.78 bits per heavy atom. The summed E-state index contributed by atoms with van der Waals surface area (Å²) in [5, 5.41) is 0. The standard InChI is InChI=1S/C9H15/c1-3-4-8(2)7-9-5-6-9/h4-5,9H,3,6-7H2,1-2H3. The molecule has 0 aromatic rings. The molecule has 0 aromatic heterocycles. The molecule has 0 saturated heterocycles. The quantitative estimate of drug-likeness (QED) is 0.506. The van der Waals surface area contributed by atoms with Crippen molar-refractivity contribution in [3.8, 4) is 0 Å². The molecule has 1 aliphatic carbocycles. The van der Waals surface area contributed by atoms with Gasteiger partial charge < -0.3 is 0 Å². The SMILES string of the molecule is CCC=C(C)CC1[CH]C1. The maximum absolute atomic E-state index is 2.38. The molecule has 1 aliphatic rings. The highest BCUT2D eigenvalue weighted by Crippen LogP contribution is 2.33. The van der Waals surface area contributed by atoms with Gasteiger partial charge in [-0.05, 0) is 38.5 Å². The highest BCUT2D eigenvalue weighted by molar-refractivity contribution is 5.07. The Bertz CT molecular complexity index is 107. The Balaban J connectivity index is 2.15. The minimum Gasteiger partial charge on any atom is -0.0859 e. The lowest BCUT2D eigenvalue weighted by Crippen LogP contribution is -1.78. The van der Waals surface area contributed by atoms with Crippen LogP contribution in [0.25, 0.3) is 0 Å². The van der Waals surface area contributed by atoms with Gasteiger partial charge in [0.1, 0.15) is 0 Å². The van der Waals surface area contributed by atoms with Crippen molar-refractivity contribution in [1.29, 1.82) is 0 Å². The summed E-state index contributed by atoms with van der Waals surface area (Å²) in [6.45, 7) is 4.43. The monoisotopic (exact) mass is 123 g/mol. The molecule has 51 valence electrons. The van der Waals surface area contributed by atoms with Gasteiger partial charge in [0.2, 0.25) is 0 Å². The maximum Gasteiger partial charge on any atom is -0.0292 e. The van der Waals surface area contributed by atoms with Gasteiger partial charge in [0, 0.05) is 0 Å². The second-order valence-corrected chi connectivity index (χ2v) is 2.89. The minimum absolute atomic E-state index is 0.938. The molecular formula is C9H15. The predicted molar refractivity (Wildman–Crippen MR) is 41.1 cm³/mol. The van der Waals surface area contributed by atoms with Crippen molar-refractivity contribution >= 4 is 0 Å². The zero-order valence-corrected chi connectivity index (χ0v) is 6.35. The number of allylic oxidation sites excluding steroid dienone is 2. The molecule has 9 heavy (non-hydrogen) atoms. The normalized spacial score (nSPS) is 20.4. The molecule has 0 heteroatoms. The average molecular weight is 123 g/mol. The molecule has 0 aromatic carbocycles. The third-order valence-corrected chi connectivity index (χ3v) is 1.71. The molecule has 0 aliphatic heterocycles. The number of rotatable bonds is 3. The molecule has 0 bridgehead atoms. The molecule has 1 radical (unpaired) electrons. The van der Waals surface area contributed by atoms with Gasteiger partial charge in [0.05, 0.1) is 0 Å². The topological polar surface area (TPSA) is 0 Å². The van der Waals surface area contributed by atoms with Gasteiger partial charge >= 0.3 is 0 Å². The van der Waals surface area contributed by atoms with Crippen LogP contribution in [0, 0.1) is 12.3 Å². The van der Waals surface area contributed by atoms with E-state index in [4.69, 9.17) is 0 Å². The zero-order chi connectivity index (χ0) is 6.69. The molecule has 0 amide bonds. The third kappa shape index (κ3) is 2.69. The van der Waals surface area contributed by atoms with Crippen molar-refractivity contribution < 1.29 is 0 Å². The summed E-state index contributed by atoms with van der Waals surface area (Å²) in [4.78, 5) is 0. The lowest BCUT2D eigenvalue weighted by Gasteiger charge is -1.95. The van der Waals surface area contributed by atoms with Crippen molar-refractivity contribution in [3.63, 3.8) is 0 Å². The summed E-state index contributed by atoms with van der Waals surface area (Å²) in [5.41, 5.74) is 1.57. The van der Waals surface area contributed by atoms with Crippen LogP contribution in [0.1, 0.15) is 33.1 Å². The first kappa shape index (κ1) is 6.85. The first-order chi connectivity index (χ1) is 4.33. The molecular weight excluding hydrogens is 108 g/mol. The Labute approximate surface area is 58.0 Å². The largest absolute Gasteiger partial charge is 0.0859 e. The van der Waals surface area contributed by atoms with E-state index >= 15 is 0 Å². The first-order valence-electron chi connectivity index (χ1n) is 3.82. The molecule has 1 unspecified atom stereocenters. The zero-order valence-electron chi connectivity index (χ0n) is 6.35. The summed E-state index contributed by atoms with van der Waals surface area (Å²) in [6.07, 6.45) is 8.57. The van der Waals surface area contributed by atoms with E-state index in [1.165, 1.54) is 19.3 Å². The Morgan fingerprint density at radius 3 is 2.89 bits per heavy atom. The highest BCUT2D eigenvalue weighted by Gasteiger charge is 2.21. The summed E-state index contributed by atoms with van der Waals surface area (Å²) < 4.78 is 0. The average Bonchev–Trinajstić information content (AvgIpc) is 2.50. The van der Waals surface area contributed by atoms with Gasteiger partial charge in [0.25, 0.3) is 0 Å². The second kappa shape index (κ2) is 3.05. The molecule has 1 fully saturated rings. The minimum atomic E-state index is 0.938. The fourth-order valence-electron chi connectivity index (χ4n) is 1.11. The van der Waals surface area contributed by atoms with E-state index in [-0.39, 0.29) is 0 Å². The van der Waals surface area contributed by atoms with Crippen LogP contribution < -0.4 is 0 Å². The summed E-state index contributed by atoms with van der Waals surface area (Å²) in [5.74, 6) is 0.938. The lowest BCUT2D eigenvalue weighted by atomic mass is 10.1. The Morgan fingerprint density at radius 2 is 2.44 bits per heavy atom. The van der Waals surface area contributed by atoms with Crippen LogP contribution in [0.4, 0.5) is 0 Å². The van der Waals surface area contributed by atoms with E-state index in [1.807, 2.05) is 0 Å². The Hall–Kier alpha value is -0.260. The number of hydrogen-bond donors (Lipinski definition) is 0. The van der Waals surface area contributed by atoms with Crippen LogP contribution in [0.2, 0.25) is 0 Å². The molecule has 0 spiro atoms. The third-order valence-electron chi connectivity index (χ3n) is 1.71. The van der Waals surface area contributed by atoms with E-state index in [9.17, 15) is 0 Å². The molecule has 1 saturated carbocycles. The van der Waals surface area contributed by atoms with Gasteiger partial charge in [-0.3, -0.25) is 0 Å². The van der Waals surface area contributed by atoms with E-state index in [0.29, 0.717) is 0 Å². The molecule has 0 heterocycles. The fraction of sp³-hybridized carbons (Fsp3) is 0.667. The molecule has 1 rings (SSSR count). The summed E-state index contributed by atoms with van der Waals surface area (Å²) in [7, 11) is 0. The van der Waals surface area contributed by atoms with Crippen LogP contribution in [-0.2, 0) is 0 Å². The smallest absolute Gasteiger partial charge is 0.0292 e. The van der Waals surface area contributed by atoms with Crippen molar-refractivity contribution in [2.24, 2.45) is 5.92 Å². The maximum atomic E-state index is 2.38. The van der Waals surface area contributed by atoms with Crippen LogP contribution in [0.5, 0.6) is 0 Å². The highest BCUT2D eigenvalue weighted by atomic mass is 14.3.